The lowest BCUT2D eigenvalue weighted by Crippen LogP contribution is -2.54. The highest BCUT2D eigenvalue weighted by Gasteiger charge is 2.35. The molecule has 0 saturated heterocycles. The van der Waals surface area contributed by atoms with Crippen molar-refractivity contribution in [3.63, 3.8) is 0 Å². The molecule has 1 aromatic carbocycles. The van der Waals surface area contributed by atoms with Crippen LogP contribution >= 0.6 is 0 Å². The number of sulfone groups is 1. The van der Waals surface area contributed by atoms with Crippen LogP contribution in [0, 0.1) is 0 Å². The minimum Gasteiger partial charge on any atom is -0.351 e. The number of hydrogen-bond acceptors (Lipinski definition) is 7. The van der Waals surface area contributed by atoms with Gasteiger partial charge in [0.05, 0.1) is 28.4 Å². The highest BCUT2D eigenvalue weighted by molar-refractivity contribution is 7.90. The SMILES string of the molecule is CC(=O)N1c2ccc(-c3ccc(S(C)(=O)=O)cc3)nc2N(C(O)OC(C)C)C[C@@H]1C. The molecule has 1 aromatic heterocycles. The Morgan fingerprint density at radius 2 is 1.83 bits per heavy atom. The second-order valence-electron chi connectivity index (χ2n) is 7.74. The molecule has 0 spiro atoms. The molecule has 3 rings (SSSR count). The summed E-state index contributed by atoms with van der Waals surface area (Å²) in [4.78, 5) is 20.4. The van der Waals surface area contributed by atoms with Crippen molar-refractivity contribution in [2.45, 2.75) is 51.2 Å². The summed E-state index contributed by atoms with van der Waals surface area (Å²) >= 11 is 0. The topological polar surface area (TPSA) is 100 Å². The number of nitrogens with zero attached hydrogens (tertiary/aromatic N) is 3. The van der Waals surface area contributed by atoms with E-state index >= 15 is 0 Å². The molecule has 2 aromatic rings. The molecule has 1 aliphatic heterocycles. The number of rotatable bonds is 5. The summed E-state index contributed by atoms with van der Waals surface area (Å²) in [6.07, 6.45) is -0.253. The minimum atomic E-state index is -3.29. The highest BCUT2D eigenvalue weighted by Crippen LogP contribution is 2.37. The van der Waals surface area contributed by atoms with Crippen LogP contribution in [0.15, 0.2) is 41.3 Å². The molecule has 1 N–H and O–H groups in total. The van der Waals surface area contributed by atoms with Crippen LogP contribution in [0.1, 0.15) is 27.7 Å². The monoisotopic (exact) mass is 433 g/mol. The number of benzene rings is 1. The van der Waals surface area contributed by atoms with E-state index in [1.54, 1.807) is 34.1 Å². The second-order valence-corrected chi connectivity index (χ2v) is 9.75. The first-order valence-electron chi connectivity index (χ1n) is 9.70. The quantitative estimate of drug-likeness (QED) is 0.723. The fourth-order valence-electron chi connectivity index (χ4n) is 3.56. The summed E-state index contributed by atoms with van der Waals surface area (Å²) in [5, 5.41) is 10.6. The largest absolute Gasteiger partial charge is 0.351 e. The van der Waals surface area contributed by atoms with Crippen LogP contribution in [0.3, 0.4) is 0 Å². The summed E-state index contributed by atoms with van der Waals surface area (Å²) in [6, 6.07) is 9.82. The third-order valence-corrected chi connectivity index (χ3v) is 5.99. The first kappa shape index (κ1) is 22.2. The predicted octanol–water partition coefficient (Wildman–Crippen LogP) is 2.41. The highest BCUT2D eigenvalue weighted by atomic mass is 32.2. The third-order valence-electron chi connectivity index (χ3n) is 4.87. The maximum atomic E-state index is 12.2. The number of carbonyl (C=O) groups is 1. The number of hydrogen-bond donors (Lipinski definition) is 1. The van der Waals surface area contributed by atoms with Gasteiger partial charge < -0.3 is 19.6 Å². The van der Waals surface area contributed by atoms with E-state index in [0.29, 0.717) is 23.7 Å². The maximum Gasteiger partial charge on any atom is 0.239 e. The number of pyridine rings is 1. The van der Waals surface area contributed by atoms with Crippen LogP contribution in [0.4, 0.5) is 11.5 Å². The van der Waals surface area contributed by atoms with E-state index in [9.17, 15) is 18.3 Å². The Hall–Kier alpha value is -2.49. The Morgan fingerprint density at radius 3 is 2.37 bits per heavy atom. The van der Waals surface area contributed by atoms with Crippen molar-refractivity contribution in [2.24, 2.45) is 0 Å². The molecule has 0 bridgehead atoms. The zero-order chi connectivity index (χ0) is 22.2. The molecule has 8 nitrogen and oxygen atoms in total. The molecule has 0 radical (unpaired) electrons. The zero-order valence-electron chi connectivity index (χ0n) is 17.7. The molecule has 0 aliphatic carbocycles. The van der Waals surface area contributed by atoms with Gasteiger partial charge in [-0.05, 0) is 45.0 Å². The van der Waals surface area contributed by atoms with Crippen LogP contribution in [0.5, 0.6) is 0 Å². The Kier molecular flexibility index (Phi) is 6.16. The number of anilines is 2. The summed E-state index contributed by atoms with van der Waals surface area (Å²) in [5.41, 5.74) is 1.90. The summed E-state index contributed by atoms with van der Waals surface area (Å²) < 4.78 is 29.0. The van der Waals surface area contributed by atoms with Crippen molar-refractivity contribution in [3.05, 3.63) is 36.4 Å². The molecular formula is C21H27N3O5S. The number of amides is 1. The number of carbonyl (C=O) groups excluding carboxylic acids is 1. The number of aliphatic hydroxyl groups excluding tert-OH is 1. The van der Waals surface area contributed by atoms with E-state index in [0.717, 1.165) is 11.8 Å². The Balaban J connectivity index is 2.07. The predicted molar refractivity (Wildman–Crippen MR) is 115 cm³/mol. The van der Waals surface area contributed by atoms with E-state index in [2.05, 4.69) is 0 Å². The maximum absolute atomic E-state index is 12.2. The van der Waals surface area contributed by atoms with Gasteiger partial charge in [-0.15, -0.1) is 0 Å². The Morgan fingerprint density at radius 1 is 1.20 bits per heavy atom. The van der Waals surface area contributed by atoms with Gasteiger partial charge in [-0.3, -0.25) is 4.79 Å². The van der Waals surface area contributed by atoms with Crippen LogP contribution < -0.4 is 9.80 Å². The standard InChI is InChI=1S/C21H27N3O5S/c1-13(2)29-21(26)23-12-14(3)24(15(4)25)19-11-10-18(22-20(19)23)16-6-8-17(9-7-16)30(5,27)28/h6-11,13-14,21,26H,12H2,1-5H3/t14-,21?/m0/s1. The first-order valence-corrected chi connectivity index (χ1v) is 11.6. The number of aliphatic hydroxyl groups is 1. The minimum absolute atomic E-state index is 0.116. The molecule has 2 atom stereocenters. The van der Waals surface area contributed by atoms with Gasteiger partial charge >= 0.3 is 0 Å². The number of aromatic nitrogens is 1. The van der Waals surface area contributed by atoms with Crippen molar-refractivity contribution in [1.29, 1.82) is 0 Å². The van der Waals surface area contributed by atoms with Gasteiger partial charge in [0.15, 0.2) is 15.7 Å². The van der Waals surface area contributed by atoms with Crippen molar-refractivity contribution >= 4 is 27.2 Å². The molecule has 1 amide bonds. The Labute approximate surface area is 177 Å². The lowest BCUT2D eigenvalue weighted by atomic mass is 10.1. The molecule has 9 heteroatoms. The molecule has 30 heavy (non-hydrogen) atoms. The first-order chi connectivity index (χ1) is 14.0. The molecular weight excluding hydrogens is 406 g/mol. The van der Waals surface area contributed by atoms with Gasteiger partial charge in [-0.2, -0.15) is 0 Å². The molecule has 1 unspecified atom stereocenters. The number of fused-ring (bicyclic) bond motifs is 1. The van der Waals surface area contributed by atoms with Gasteiger partial charge in [0.25, 0.3) is 0 Å². The van der Waals surface area contributed by atoms with E-state index in [4.69, 9.17) is 9.72 Å². The third kappa shape index (κ3) is 4.48. The van der Waals surface area contributed by atoms with E-state index in [-0.39, 0.29) is 22.9 Å². The van der Waals surface area contributed by atoms with Gasteiger partial charge in [0, 0.05) is 25.3 Å². The molecule has 0 fully saturated rings. The molecule has 1 aliphatic rings. The van der Waals surface area contributed by atoms with Gasteiger partial charge in [-0.1, -0.05) is 12.1 Å². The average molecular weight is 434 g/mol. The van der Waals surface area contributed by atoms with Gasteiger partial charge in [0.1, 0.15) is 0 Å². The van der Waals surface area contributed by atoms with Crippen LogP contribution in [-0.2, 0) is 19.4 Å². The smallest absolute Gasteiger partial charge is 0.239 e. The average Bonchev–Trinajstić information content (AvgIpc) is 2.65. The summed E-state index contributed by atoms with van der Waals surface area (Å²) in [6.45, 7) is 7.40. The van der Waals surface area contributed by atoms with Crippen LogP contribution in [-0.4, -0.2) is 55.8 Å². The molecule has 0 saturated carbocycles. The van der Waals surface area contributed by atoms with Gasteiger partial charge in [-0.25, -0.2) is 13.4 Å². The summed E-state index contributed by atoms with van der Waals surface area (Å²) in [5.74, 6) is 0.316. The van der Waals surface area contributed by atoms with Crippen molar-refractivity contribution < 1.29 is 23.1 Å². The fourth-order valence-corrected chi connectivity index (χ4v) is 4.19. The van der Waals surface area contributed by atoms with Crippen molar-refractivity contribution in [2.75, 3.05) is 22.6 Å². The molecule has 162 valence electrons. The summed E-state index contributed by atoms with van der Waals surface area (Å²) in [7, 11) is -3.29. The van der Waals surface area contributed by atoms with Gasteiger partial charge in [0.2, 0.25) is 12.3 Å². The van der Waals surface area contributed by atoms with Crippen molar-refractivity contribution in [3.8, 4) is 11.3 Å². The van der Waals surface area contributed by atoms with E-state index in [1.807, 2.05) is 20.8 Å². The van der Waals surface area contributed by atoms with Crippen LogP contribution in [0.2, 0.25) is 0 Å². The normalized spacial score (nSPS) is 17.8. The van der Waals surface area contributed by atoms with E-state index in [1.165, 1.54) is 19.1 Å². The molecule has 2 heterocycles. The zero-order valence-corrected chi connectivity index (χ0v) is 18.5. The number of ether oxygens (including phenoxy) is 1. The fraction of sp³-hybridized carbons (Fsp3) is 0.429. The second kappa shape index (κ2) is 8.33. The van der Waals surface area contributed by atoms with E-state index < -0.39 is 16.3 Å². The lowest BCUT2D eigenvalue weighted by Gasteiger charge is -2.42. The lowest BCUT2D eigenvalue weighted by molar-refractivity contribution is -0.127. The van der Waals surface area contributed by atoms with Crippen LogP contribution in [0.25, 0.3) is 11.3 Å². The Bertz CT molecular complexity index is 1040. The van der Waals surface area contributed by atoms with Crippen molar-refractivity contribution in [1.82, 2.24) is 4.98 Å².